The fraction of sp³-hybridized carbons (Fsp3) is 1.00. The lowest BCUT2D eigenvalue weighted by Crippen LogP contribution is -2.25. The molecule has 0 bridgehead atoms. The van der Waals surface area contributed by atoms with Gasteiger partial charge in [-0.2, -0.15) is 0 Å². The largest absolute Gasteiger partial charge is 0.391 e. The van der Waals surface area contributed by atoms with Crippen LogP contribution in [-0.4, -0.2) is 50.3 Å². The molecular formula is C14H30O4. The first-order valence-corrected chi connectivity index (χ1v) is 7.19. The highest BCUT2D eigenvalue weighted by Gasteiger charge is 2.09. The van der Waals surface area contributed by atoms with Gasteiger partial charge < -0.3 is 19.3 Å². The highest BCUT2D eigenvalue weighted by molar-refractivity contribution is 4.57. The second-order valence-corrected chi connectivity index (χ2v) is 4.47. The van der Waals surface area contributed by atoms with E-state index in [-0.39, 0.29) is 12.2 Å². The second-order valence-electron chi connectivity index (χ2n) is 4.47. The van der Waals surface area contributed by atoms with Crippen molar-refractivity contribution in [2.45, 2.75) is 58.7 Å². The van der Waals surface area contributed by atoms with Crippen LogP contribution >= 0.6 is 0 Å². The van der Waals surface area contributed by atoms with Gasteiger partial charge in [0.2, 0.25) is 0 Å². The van der Waals surface area contributed by atoms with E-state index in [4.69, 9.17) is 14.2 Å². The number of hydrogen-bond acceptors (Lipinski definition) is 4. The van der Waals surface area contributed by atoms with Crippen LogP contribution in [0.2, 0.25) is 0 Å². The van der Waals surface area contributed by atoms with E-state index in [0.29, 0.717) is 26.4 Å². The zero-order valence-corrected chi connectivity index (χ0v) is 12.2. The number of ether oxygens (including phenoxy) is 3. The molecule has 0 saturated heterocycles. The van der Waals surface area contributed by atoms with E-state index in [1.165, 1.54) is 0 Å². The Morgan fingerprint density at radius 3 is 2.22 bits per heavy atom. The maximum atomic E-state index is 9.41. The quantitative estimate of drug-likeness (QED) is 0.518. The van der Waals surface area contributed by atoms with E-state index in [1.54, 1.807) is 0 Å². The summed E-state index contributed by atoms with van der Waals surface area (Å²) >= 11 is 0. The molecule has 18 heavy (non-hydrogen) atoms. The highest BCUT2D eigenvalue weighted by atomic mass is 16.6. The molecule has 0 radical (unpaired) electrons. The van der Waals surface area contributed by atoms with Crippen LogP contribution in [-0.2, 0) is 14.2 Å². The van der Waals surface area contributed by atoms with Gasteiger partial charge in [-0.15, -0.1) is 0 Å². The summed E-state index contributed by atoms with van der Waals surface area (Å²) in [5, 5.41) is 9.41. The molecule has 2 atom stereocenters. The molecule has 2 unspecified atom stereocenters. The van der Waals surface area contributed by atoms with Crippen molar-refractivity contribution in [3.63, 3.8) is 0 Å². The van der Waals surface area contributed by atoms with E-state index in [1.807, 2.05) is 6.92 Å². The number of aliphatic hydroxyl groups excluding tert-OH is 1. The van der Waals surface area contributed by atoms with Crippen molar-refractivity contribution in [1.29, 1.82) is 0 Å². The van der Waals surface area contributed by atoms with Crippen LogP contribution in [0.25, 0.3) is 0 Å². The predicted molar refractivity (Wildman–Crippen MR) is 72.9 cm³/mol. The molecule has 0 aliphatic rings. The molecule has 0 aliphatic heterocycles. The number of unbranched alkanes of at least 4 members (excludes halogenated alkanes) is 1. The molecule has 4 nitrogen and oxygen atoms in total. The summed E-state index contributed by atoms with van der Waals surface area (Å²) in [4.78, 5) is 0. The third kappa shape index (κ3) is 11.0. The van der Waals surface area contributed by atoms with Gasteiger partial charge in [0.25, 0.3) is 0 Å². The van der Waals surface area contributed by atoms with Gasteiger partial charge in [-0.05, 0) is 19.3 Å². The van der Waals surface area contributed by atoms with Crippen LogP contribution < -0.4 is 0 Å². The molecule has 0 rings (SSSR count). The van der Waals surface area contributed by atoms with Gasteiger partial charge in [-0.3, -0.25) is 0 Å². The van der Waals surface area contributed by atoms with Crippen LogP contribution in [0.3, 0.4) is 0 Å². The molecule has 0 amide bonds. The molecule has 0 aromatic heterocycles. The van der Waals surface area contributed by atoms with Crippen molar-refractivity contribution >= 4 is 0 Å². The average Bonchev–Trinajstić information content (AvgIpc) is 2.40. The summed E-state index contributed by atoms with van der Waals surface area (Å²) < 4.78 is 16.5. The predicted octanol–water partition coefficient (Wildman–Crippen LogP) is 2.39. The summed E-state index contributed by atoms with van der Waals surface area (Å²) in [6, 6.07) is 0. The van der Waals surface area contributed by atoms with Crippen LogP contribution in [0, 0.1) is 0 Å². The Morgan fingerprint density at radius 1 is 0.889 bits per heavy atom. The standard InChI is InChI=1S/C14H30O4/c1-4-7-8-16-9-10-17-12-14(6-3)18-11-13(15)5-2/h13-15H,4-12H2,1-3H3. The monoisotopic (exact) mass is 262 g/mol. The first-order chi connectivity index (χ1) is 8.74. The Morgan fingerprint density at radius 2 is 1.61 bits per heavy atom. The van der Waals surface area contributed by atoms with E-state index in [2.05, 4.69) is 13.8 Å². The Kier molecular flexibility index (Phi) is 13.2. The third-order valence-corrected chi connectivity index (χ3v) is 2.77. The number of rotatable bonds is 13. The molecule has 0 aliphatic carbocycles. The minimum absolute atomic E-state index is 0.0711. The van der Waals surface area contributed by atoms with Gasteiger partial charge >= 0.3 is 0 Å². The molecule has 4 heteroatoms. The van der Waals surface area contributed by atoms with Crippen LogP contribution in [0.1, 0.15) is 46.5 Å². The first-order valence-electron chi connectivity index (χ1n) is 7.19. The van der Waals surface area contributed by atoms with Gasteiger partial charge in [0.15, 0.2) is 0 Å². The van der Waals surface area contributed by atoms with Crippen LogP contribution in [0.5, 0.6) is 0 Å². The zero-order chi connectivity index (χ0) is 13.6. The molecule has 0 heterocycles. The first kappa shape index (κ1) is 17.8. The maximum absolute atomic E-state index is 9.41. The average molecular weight is 262 g/mol. The summed E-state index contributed by atoms with van der Waals surface area (Å²) in [7, 11) is 0. The summed E-state index contributed by atoms with van der Waals surface area (Å²) in [6.07, 6.45) is 3.59. The topological polar surface area (TPSA) is 47.9 Å². The molecule has 0 fully saturated rings. The van der Waals surface area contributed by atoms with Crippen molar-refractivity contribution in [1.82, 2.24) is 0 Å². The third-order valence-electron chi connectivity index (χ3n) is 2.77. The molecule has 0 aromatic rings. The van der Waals surface area contributed by atoms with Gasteiger partial charge in [-0.25, -0.2) is 0 Å². The maximum Gasteiger partial charge on any atom is 0.0807 e. The SMILES string of the molecule is CCCCOCCOCC(CC)OCC(O)CC. The van der Waals surface area contributed by atoms with Crippen molar-refractivity contribution in [2.24, 2.45) is 0 Å². The zero-order valence-electron chi connectivity index (χ0n) is 12.2. The summed E-state index contributed by atoms with van der Waals surface area (Å²) in [5.74, 6) is 0. The Balaban J connectivity index is 3.38. The van der Waals surface area contributed by atoms with Crippen molar-refractivity contribution < 1.29 is 19.3 Å². The highest BCUT2D eigenvalue weighted by Crippen LogP contribution is 2.02. The Labute approximate surface area is 112 Å². The van der Waals surface area contributed by atoms with E-state index < -0.39 is 0 Å². The summed E-state index contributed by atoms with van der Waals surface area (Å²) in [5.41, 5.74) is 0. The lowest BCUT2D eigenvalue weighted by Gasteiger charge is -2.18. The van der Waals surface area contributed by atoms with Crippen LogP contribution in [0.4, 0.5) is 0 Å². The lowest BCUT2D eigenvalue weighted by molar-refractivity contribution is -0.0578. The van der Waals surface area contributed by atoms with Crippen molar-refractivity contribution in [3.05, 3.63) is 0 Å². The van der Waals surface area contributed by atoms with Crippen LogP contribution in [0.15, 0.2) is 0 Å². The molecule has 1 N–H and O–H groups in total. The second kappa shape index (κ2) is 13.3. The molecular weight excluding hydrogens is 232 g/mol. The minimum Gasteiger partial charge on any atom is -0.391 e. The molecule has 110 valence electrons. The van der Waals surface area contributed by atoms with Crippen molar-refractivity contribution in [2.75, 3.05) is 33.0 Å². The fourth-order valence-electron chi connectivity index (χ4n) is 1.33. The fourth-order valence-corrected chi connectivity index (χ4v) is 1.33. The van der Waals surface area contributed by atoms with E-state index >= 15 is 0 Å². The molecule has 0 aromatic carbocycles. The Bertz CT molecular complexity index is 164. The summed E-state index contributed by atoms with van der Waals surface area (Å²) in [6.45, 7) is 9.19. The van der Waals surface area contributed by atoms with Gasteiger partial charge in [0, 0.05) is 6.61 Å². The van der Waals surface area contributed by atoms with Crippen molar-refractivity contribution in [3.8, 4) is 0 Å². The molecule has 0 saturated carbocycles. The van der Waals surface area contributed by atoms with Gasteiger partial charge in [0.1, 0.15) is 0 Å². The van der Waals surface area contributed by atoms with E-state index in [9.17, 15) is 5.11 Å². The minimum atomic E-state index is -0.364. The molecule has 0 spiro atoms. The van der Waals surface area contributed by atoms with E-state index in [0.717, 1.165) is 32.3 Å². The lowest BCUT2D eigenvalue weighted by atomic mass is 10.2. The van der Waals surface area contributed by atoms with Gasteiger partial charge in [-0.1, -0.05) is 27.2 Å². The number of hydrogen-bond donors (Lipinski definition) is 1. The Hall–Kier alpha value is -0.160. The normalized spacial score (nSPS) is 14.7. The number of aliphatic hydroxyl groups is 1. The smallest absolute Gasteiger partial charge is 0.0807 e. The van der Waals surface area contributed by atoms with Gasteiger partial charge in [0.05, 0.1) is 38.6 Å².